The van der Waals surface area contributed by atoms with Gasteiger partial charge in [-0.2, -0.15) is 0 Å². The Morgan fingerprint density at radius 3 is 2.29 bits per heavy atom. The highest BCUT2D eigenvalue weighted by Crippen LogP contribution is 2.52. The molecule has 1 saturated carbocycles. The molecule has 0 radical (unpaired) electrons. The van der Waals surface area contributed by atoms with Crippen LogP contribution in [0.15, 0.2) is 60.7 Å². The summed E-state index contributed by atoms with van der Waals surface area (Å²) >= 11 is 0. The fourth-order valence-corrected chi connectivity index (χ4v) is 5.86. The zero-order valence-corrected chi connectivity index (χ0v) is 17.0. The SMILES string of the molecule is O=C(CN1C(=O)C2C3C=CC(C3)C2C1=O)Nc1ccccc1N1CCc2ccccc21. The average molecular weight is 413 g/mol. The Morgan fingerprint density at radius 1 is 0.903 bits per heavy atom. The van der Waals surface area contributed by atoms with Crippen molar-refractivity contribution in [3.05, 3.63) is 66.2 Å². The Bertz CT molecular complexity index is 1110. The van der Waals surface area contributed by atoms with Crippen molar-refractivity contribution in [1.82, 2.24) is 4.90 Å². The molecule has 0 aromatic heterocycles. The topological polar surface area (TPSA) is 69.7 Å². The van der Waals surface area contributed by atoms with E-state index in [4.69, 9.17) is 0 Å². The minimum atomic E-state index is -0.345. The first kappa shape index (κ1) is 18.4. The summed E-state index contributed by atoms with van der Waals surface area (Å²) in [5.41, 5.74) is 4.03. The lowest BCUT2D eigenvalue weighted by Gasteiger charge is -2.23. The normalized spacial score (nSPS) is 27.7. The zero-order chi connectivity index (χ0) is 21.1. The molecule has 2 aromatic rings. The van der Waals surface area contributed by atoms with Crippen LogP contribution in [0, 0.1) is 23.7 Å². The monoisotopic (exact) mass is 413 g/mol. The van der Waals surface area contributed by atoms with Gasteiger partial charge < -0.3 is 10.2 Å². The molecule has 2 aliphatic heterocycles. The summed E-state index contributed by atoms with van der Waals surface area (Å²) in [5, 5.41) is 2.95. The van der Waals surface area contributed by atoms with Gasteiger partial charge in [-0.05, 0) is 48.4 Å². The number of nitrogens with one attached hydrogen (secondary N) is 1. The van der Waals surface area contributed by atoms with Crippen LogP contribution in [-0.4, -0.2) is 35.7 Å². The second-order valence-corrected chi connectivity index (χ2v) is 8.86. The largest absolute Gasteiger partial charge is 0.339 e. The van der Waals surface area contributed by atoms with E-state index in [-0.39, 0.29) is 47.9 Å². The first-order valence-electron chi connectivity index (χ1n) is 10.9. The molecular formula is C25H23N3O3. The predicted octanol–water partition coefficient (Wildman–Crippen LogP) is 3.13. The Balaban J connectivity index is 1.21. The van der Waals surface area contributed by atoms with Crippen molar-refractivity contribution < 1.29 is 14.4 Å². The Labute approximate surface area is 180 Å². The summed E-state index contributed by atoms with van der Waals surface area (Å²) in [6.45, 7) is 0.615. The molecule has 4 atom stereocenters. The number of para-hydroxylation sites is 3. The number of likely N-dealkylation sites (tertiary alicyclic amines) is 1. The number of fused-ring (bicyclic) bond motifs is 6. The fraction of sp³-hybridized carbons (Fsp3) is 0.320. The maximum atomic E-state index is 12.9. The highest BCUT2D eigenvalue weighted by molar-refractivity contribution is 6.10. The zero-order valence-electron chi connectivity index (χ0n) is 17.0. The first-order valence-corrected chi connectivity index (χ1v) is 10.9. The third-order valence-corrected chi connectivity index (χ3v) is 7.22. The number of amides is 3. The second-order valence-electron chi connectivity index (χ2n) is 8.86. The summed E-state index contributed by atoms with van der Waals surface area (Å²) in [5.74, 6) is -0.979. The molecule has 2 aliphatic carbocycles. The van der Waals surface area contributed by atoms with Crippen molar-refractivity contribution in [3.8, 4) is 0 Å². The van der Waals surface area contributed by atoms with Gasteiger partial charge in [-0.25, -0.2) is 0 Å². The quantitative estimate of drug-likeness (QED) is 0.618. The summed E-state index contributed by atoms with van der Waals surface area (Å²) < 4.78 is 0. The summed E-state index contributed by atoms with van der Waals surface area (Å²) in [6, 6.07) is 15.9. The van der Waals surface area contributed by atoms with Gasteiger partial charge in [0.15, 0.2) is 0 Å². The van der Waals surface area contributed by atoms with Gasteiger partial charge in [0, 0.05) is 12.2 Å². The molecule has 1 N–H and O–H groups in total. The van der Waals surface area contributed by atoms with E-state index in [1.54, 1.807) is 0 Å². The number of nitrogens with zero attached hydrogens (tertiary/aromatic N) is 2. The molecule has 2 aromatic carbocycles. The number of hydrogen-bond donors (Lipinski definition) is 1. The van der Waals surface area contributed by atoms with Crippen molar-refractivity contribution >= 4 is 34.8 Å². The van der Waals surface area contributed by atoms with E-state index in [9.17, 15) is 14.4 Å². The molecule has 156 valence electrons. The van der Waals surface area contributed by atoms with Crippen molar-refractivity contribution in [2.75, 3.05) is 23.3 Å². The third-order valence-electron chi connectivity index (χ3n) is 7.22. The molecule has 0 spiro atoms. The molecule has 4 aliphatic rings. The third kappa shape index (κ3) is 2.74. The Hall–Kier alpha value is -3.41. The van der Waals surface area contributed by atoms with Crippen molar-refractivity contribution in [2.24, 2.45) is 23.7 Å². The van der Waals surface area contributed by atoms with Crippen LogP contribution in [0.4, 0.5) is 17.1 Å². The van der Waals surface area contributed by atoms with Gasteiger partial charge in [0.2, 0.25) is 17.7 Å². The van der Waals surface area contributed by atoms with Crippen LogP contribution in [0.2, 0.25) is 0 Å². The molecule has 2 fully saturated rings. The number of imide groups is 1. The van der Waals surface area contributed by atoms with E-state index in [1.807, 2.05) is 36.4 Å². The molecule has 3 amide bonds. The van der Waals surface area contributed by atoms with Gasteiger partial charge >= 0.3 is 0 Å². The van der Waals surface area contributed by atoms with Gasteiger partial charge in [-0.3, -0.25) is 19.3 Å². The van der Waals surface area contributed by atoms with Crippen LogP contribution in [0.1, 0.15) is 12.0 Å². The van der Waals surface area contributed by atoms with Crippen LogP contribution in [0.3, 0.4) is 0 Å². The average Bonchev–Trinajstić information content (AvgIpc) is 3.54. The van der Waals surface area contributed by atoms with E-state index in [1.165, 1.54) is 10.5 Å². The van der Waals surface area contributed by atoms with Gasteiger partial charge in [0.05, 0.1) is 23.2 Å². The van der Waals surface area contributed by atoms with Crippen LogP contribution in [-0.2, 0) is 20.8 Å². The molecule has 2 heterocycles. The summed E-state index contributed by atoms with van der Waals surface area (Å²) in [4.78, 5) is 42.0. The molecule has 6 heteroatoms. The number of allylic oxidation sites excluding steroid dienone is 2. The van der Waals surface area contributed by atoms with Crippen molar-refractivity contribution in [1.29, 1.82) is 0 Å². The number of anilines is 3. The molecule has 6 nitrogen and oxygen atoms in total. The Morgan fingerprint density at radius 2 is 1.55 bits per heavy atom. The highest BCUT2D eigenvalue weighted by Gasteiger charge is 2.59. The second kappa shape index (κ2) is 6.80. The highest BCUT2D eigenvalue weighted by atomic mass is 16.2. The van der Waals surface area contributed by atoms with Gasteiger partial charge in [0.25, 0.3) is 0 Å². The minimum Gasteiger partial charge on any atom is -0.339 e. The van der Waals surface area contributed by atoms with Crippen LogP contribution < -0.4 is 10.2 Å². The molecule has 6 rings (SSSR count). The van der Waals surface area contributed by atoms with Crippen LogP contribution >= 0.6 is 0 Å². The molecular weight excluding hydrogens is 390 g/mol. The van der Waals surface area contributed by atoms with Crippen LogP contribution in [0.25, 0.3) is 0 Å². The number of benzene rings is 2. The van der Waals surface area contributed by atoms with E-state index >= 15 is 0 Å². The predicted molar refractivity (Wildman–Crippen MR) is 117 cm³/mol. The minimum absolute atomic E-state index is 0.149. The standard InChI is InChI=1S/C25H23N3O3/c29-21(14-28-24(30)22-16-9-10-17(13-16)23(22)25(28)31)26-18-6-2-4-8-20(18)27-12-11-15-5-1-3-7-19(15)27/h1-10,16-17,22-23H,11-14H2,(H,26,29). The van der Waals surface area contributed by atoms with Crippen molar-refractivity contribution in [3.63, 3.8) is 0 Å². The molecule has 4 unspecified atom stereocenters. The Kier molecular flexibility index (Phi) is 4.03. The van der Waals surface area contributed by atoms with Gasteiger partial charge in [-0.1, -0.05) is 42.5 Å². The first-order chi connectivity index (χ1) is 15.1. The van der Waals surface area contributed by atoms with Crippen molar-refractivity contribution in [2.45, 2.75) is 12.8 Å². The van der Waals surface area contributed by atoms with Crippen LogP contribution in [0.5, 0.6) is 0 Å². The molecule has 2 bridgehead atoms. The number of carbonyl (C=O) groups is 3. The lowest BCUT2D eigenvalue weighted by atomic mass is 9.85. The van der Waals surface area contributed by atoms with E-state index in [0.717, 1.165) is 30.8 Å². The lowest BCUT2D eigenvalue weighted by molar-refractivity contribution is -0.143. The maximum Gasteiger partial charge on any atom is 0.244 e. The maximum absolute atomic E-state index is 12.9. The molecule has 31 heavy (non-hydrogen) atoms. The van der Waals surface area contributed by atoms with E-state index in [0.29, 0.717) is 5.69 Å². The molecule has 1 saturated heterocycles. The lowest BCUT2D eigenvalue weighted by Crippen LogP contribution is -2.39. The fourth-order valence-electron chi connectivity index (χ4n) is 5.86. The summed E-state index contributed by atoms with van der Waals surface area (Å²) in [7, 11) is 0. The number of rotatable bonds is 4. The number of hydrogen-bond acceptors (Lipinski definition) is 4. The number of carbonyl (C=O) groups excluding carboxylic acids is 3. The van der Waals surface area contributed by atoms with E-state index < -0.39 is 0 Å². The smallest absolute Gasteiger partial charge is 0.244 e. The van der Waals surface area contributed by atoms with Gasteiger partial charge in [0.1, 0.15) is 6.54 Å². The summed E-state index contributed by atoms with van der Waals surface area (Å²) in [6.07, 6.45) is 5.96. The van der Waals surface area contributed by atoms with E-state index in [2.05, 4.69) is 34.5 Å². The van der Waals surface area contributed by atoms with Gasteiger partial charge in [-0.15, -0.1) is 0 Å².